The Kier molecular flexibility index (Phi) is 4.48. The van der Waals surface area contributed by atoms with E-state index in [1.54, 1.807) is 31.2 Å². The van der Waals surface area contributed by atoms with Gasteiger partial charge in [0.15, 0.2) is 12.4 Å². The van der Waals surface area contributed by atoms with Crippen LogP contribution in [-0.2, 0) is 24.8 Å². The molecule has 0 N–H and O–H groups in total. The molecule has 1 unspecified atom stereocenters. The van der Waals surface area contributed by atoms with Crippen LogP contribution in [-0.4, -0.2) is 43.0 Å². The Hall–Kier alpha value is -1.67. The van der Waals surface area contributed by atoms with Gasteiger partial charge in [0.2, 0.25) is 0 Å². The predicted molar refractivity (Wildman–Crippen MR) is 72.9 cm³/mol. The lowest BCUT2D eigenvalue weighted by molar-refractivity contribution is -0.279. The lowest BCUT2D eigenvalue weighted by atomic mass is 9.94. The molecule has 0 aromatic heterocycles. The van der Waals surface area contributed by atoms with Gasteiger partial charge in [0, 0.05) is 19.2 Å². The number of carbonyl (C=O) groups is 2. The molecule has 3 amide bonds. The van der Waals surface area contributed by atoms with Crippen LogP contribution in [0.25, 0.3) is 0 Å². The van der Waals surface area contributed by atoms with Gasteiger partial charge in [-0.1, -0.05) is 23.7 Å². The molecule has 0 spiro atoms. The molecule has 1 atom stereocenters. The number of hydrogen-bond donors (Lipinski definition) is 0. The number of benzene rings is 1. The van der Waals surface area contributed by atoms with Gasteiger partial charge in [-0.25, -0.2) is 19.5 Å². The average molecular weight is 315 g/mol. The molecule has 1 aliphatic rings. The number of imide groups is 1. The number of ether oxygens (including phenoxy) is 1. The van der Waals surface area contributed by atoms with Crippen LogP contribution in [0, 0.1) is 0 Å². The third-order valence-corrected chi connectivity index (χ3v) is 3.30. The fraction of sp³-hybridized carbons (Fsp3) is 0.385. The summed E-state index contributed by atoms with van der Waals surface area (Å²) in [5.74, 6) is -0.648. The van der Waals surface area contributed by atoms with Crippen molar-refractivity contribution in [3.8, 4) is 0 Å². The van der Waals surface area contributed by atoms with E-state index < -0.39 is 17.5 Å². The van der Waals surface area contributed by atoms with Crippen molar-refractivity contribution >= 4 is 23.5 Å². The molecule has 8 heteroatoms. The second-order valence-electron chi connectivity index (χ2n) is 4.55. The zero-order valence-electron chi connectivity index (χ0n) is 11.8. The van der Waals surface area contributed by atoms with Crippen LogP contribution in [0.5, 0.6) is 0 Å². The van der Waals surface area contributed by atoms with Gasteiger partial charge in [0.05, 0.1) is 0 Å². The molecular weight excluding hydrogens is 300 g/mol. The van der Waals surface area contributed by atoms with Gasteiger partial charge < -0.3 is 4.74 Å². The largest absolute Gasteiger partial charge is 0.375 e. The van der Waals surface area contributed by atoms with E-state index in [1.165, 1.54) is 14.2 Å². The Morgan fingerprint density at radius 1 is 1.29 bits per heavy atom. The number of rotatable bonds is 4. The Morgan fingerprint density at radius 2 is 1.90 bits per heavy atom. The van der Waals surface area contributed by atoms with Gasteiger partial charge in [-0.2, -0.15) is 0 Å². The first kappa shape index (κ1) is 15.7. The fourth-order valence-corrected chi connectivity index (χ4v) is 2.05. The standard InChI is InChI=1S/C13H15ClN2O5/c1-13(9-4-6-10(14)7-5-9)11(17)16(20-8-19-3)12(18)15(2)21-13/h4-7H,8H2,1-3H3. The zero-order valence-corrected chi connectivity index (χ0v) is 12.6. The Bertz CT molecular complexity index is 550. The van der Waals surface area contributed by atoms with Crippen molar-refractivity contribution in [1.29, 1.82) is 0 Å². The summed E-state index contributed by atoms with van der Waals surface area (Å²) >= 11 is 5.84. The van der Waals surface area contributed by atoms with E-state index >= 15 is 0 Å². The molecule has 1 aliphatic heterocycles. The van der Waals surface area contributed by atoms with E-state index in [4.69, 9.17) is 26.0 Å². The maximum absolute atomic E-state index is 12.5. The highest BCUT2D eigenvalue weighted by Gasteiger charge is 2.50. The van der Waals surface area contributed by atoms with Gasteiger partial charge in [0.25, 0.3) is 5.91 Å². The Labute approximate surface area is 126 Å². The van der Waals surface area contributed by atoms with Gasteiger partial charge in [-0.15, -0.1) is 5.06 Å². The van der Waals surface area contributed by atoms with Crippen molar-refractivity contribution in [2.75, 3.05) is 21.0 Å². The molecule has 114 valence electrons. The number of amides is 3. The Balaban J connectivity index is 2.35. The summed E-state index contributed by atoms with van der Waals surface area (Å²) < 4.78 is 4.72. The van der Waals surface area contributed by atoms with E-state index in [1.807, 2.05) is 0 Å². The lowest BCUT2D eigenvalue weighted by Gasteiger charge is -2.40. The topological polar surface area (TPSA) is 68.3 Å². The van der Waals surface area contributed by atoms with Crippen molar-refractivity contribution in [3.05, 3.63) is 34.9 Å². The first-order valence-electron chi connectivity index (χ1n) is 6.09. The molecule has 0 saturated carbocycles. The molecule has 1 saturated heterocycles. The number of halogens is 1. The summed E-state index contributed by atoms with van der Waals surface area (Å²) in [5.41, 5.74) is -0.858. The summed E-state index contributed by atoms with van der Waals surface area (Å²) in [5, 5.41) is 2.09. The lowest BCUT2D eigenvalue weighted by Crippen LogP contribution is -2.60. The number of carbonyl (C=O) groups excluding carboxylic acids is 2. The van der Waals surface area contributed by atoms with E-state index in [0.29, 0.717) is 15.6 Å². The number of urea groups is 1. The molecule has 0 bridgehead atoms. The summed E-state index contributed by atoms with van der Waals surface area (Å²) in [6.07, 6.45) is 0. The van der Waals surface area contributed by atoms with Crippen molar-refractivity contribution in [2.24, 2.45) is 0 Å². The van der Waals surface area contributed by atoms with Crippen molar-refractivity contribution in [3.63, 3.8) is 0 Å². The molecule has 7 nitrogen and oxygen atoms in total. The first-order chi connectivity index (χ1) is 9.90. The molecule has 1 heterocycles. The molecule has 1 fully saturated rings. The number of methoxy groups -OCH3 is 1. The van der Waals surface area contributed by atoms with Crippen LogP contribution in [0.2, 0.25) is 5.02 Å². The monoisotopic (exact) mass is 314 g/mol. The fourth-order valence-electron chi connectivity index (χ4n) is 1.92. The highest BCUT2D eigenvalue weighted by Crippen LogP contribution is 2.33. The minimum Gasteiger partial charge on any atom is -0.356 e. The van der Waals surface area contributed by atoms with E-state index in [9.17, 15) is 9.59 Å². The minimum atomic E-state index is -1.40. The van der Waals surface area contributed by atoms with E-state index in [-0.39, 0.29) is 6.79 Å². The summed E-state index contributed by atoms with van der Waals surface area (Å²) in [6.45, 7) is 1.31. The Morgan fingerprint density at radius 3 is 2.48 bits per heavy atom. The van der Waals surface area contributed by atoms with Crippen LogP contribution in [0.3, 0.4) is 0 Å². The van der Waals surface area contributed by atoms with Crippen molar-refractivity contribution in [1.82, 2.24) is 10.1 Å². The SMILES string of the molecule is COCON1C(=O)N(C)OC(C)(c2ccc(Cl)cc2)C1=O. The van der Waals surface area contributed by atoms with Crippen LogP contribution in [0.1, 0.15) is 12.5 Å². The average Bonchev–Trinajstić information content (AvgIpc) is 2.46. The van der Waals surface area contributed by atoms with Crippen LogP contribution < -0.4 is 0 Å². The van der Waals surface area contributed by atoms with Crippen molar-refractivity contribution < 1.29 is 24.0 Å². The van der Waals surface area contributed by atoms with Gasteiger partial charge >= 0.3 is 6.03 Å². The van der Waals surface area contributed by atoms with Crippen LogP contribution >= 0.6 is 11.6 Å². The second-order valence-corrected chi connectivity index (χ2v) is 4.98. The van der Waals surface area contributed by atoms with Gasteiger partial charge in [0.1, 0.15) is 0 Å². The molecular formula is C13H15ClN2O5. The molecule has 21 heavy (non-hydrogen) atoms. The molecule has 2 rings (SSSR count). The second kappa shape index (κ2) is 5.98. The van der Waals surface area contributed by atoms with E-state index in [0.717, 1.165) is 5.06 Å². The molecule has 0 radical (unpaired) electrons. The van der Waals surface area contributed by atoms with Gasteiger partial charge in [-0.3, -0.25) is 4.79 Å². The predicted octanol–water partition coefficient (Wildman–Crippen LogP) is 1.92. The third kappa shape index (κ3) is 2.86. The third-order valence-electron chi connectivity index (χ3n) is 3.05. The quantitative estimate of drug-likeness (QED) is 0.794. The first-order valence-corrected chi connectivity index (χ1v) is 6.47. The number of nitrogens with zero attached hydrogens (tertiary/aromatic N) is 2. The molecule has 1 aromatic carbocycles. The molecule has 1 aromatic rings. The van der Waals surface area contributed by atoms with Crippen molar-refractivity contribution in [2.45, 2.75) is 12.5 Å². The zero-order chi connectivity index (χ0) is 15.6. The highest BCUT2D eigenvalue weighted by molar-refractivity contribution is 6.30. The normalized spacial score (nSPS) is 22.9. The number of hydrogen-bond acceptors (Lipinski definition) is 5. The van der Waals surface area contributed by atoms with E-state index in [2.05, 4.69) is 0 Å². The number of hydroxylamine groups is 4. The highest BCUT2D eigenvalue weighted by atomic mass is 35.5. The summed E-state index contributed by atoms with van der Waals surface area (Å²) in [7, 11) is 2.78. The summed E-state index contributed by atoms with van der Waals surface area (Å²) in [6, 6.07) is 5.84. The maximum atomic E-state index is 12.5. The van der Waals surface area contributed by atoms with Gasteiger partial charge in [-0.05, 0) is 24.6 Å². The minimum absolute atomic E-state index is 0.234. The van der Waals surface area contributed by atoms with Crippen LogP contribution in [0.15, 0.2) is 24.3 Å². The molecule has 0 aliphatic carbocycles. The smallest absolute Gasteiger partial charge is 0.356 e. The maximum Gasteiger partial charge on any atom is 0.375 e. The van der Waals surface area contributed by atoms with Crippen LogP contribution in [0.4, 0.5) is 4.79 Å². The summed E-state index contributed by atoms with van der Waals surface area (Å²) in [4.78, 5) is 34.9.